The third kappa shape index (κ3) is 1.73. The molecule has 2 N–H and O–H groups in total. The summed E-state index contributed by atoms with van der Waals surface area (Å²) in [6.45, 7) is 5.41. The van der Waals surface area contributed by atoms with E-state index in [4.69, 9.17) is 10.5 Å². The molecule has 0 radical (unpaired) electrons. The van der Waals surface area contributed by atoms with Crippen LogP contribution in [-0.4, -0.2) is 12.6 Å². The SMILES string of the molecule is CC1(C)CC1C(N)C1=CCCCO1. The Morgan fingerprint density at radius 2 is 2.31 bits per heavy atom. The fourth-order valence-electron chi connectivity index (χ4n) is 2.13. The van der Waals surface area contributed by atoms with E-state index < -0.39 is 0 Å². The minimum atomic E-state index is 0.148. The molecule has 13 heavy (non-hydrogen) atoms. The second kappa shape index (κ2) is 3.02. The minimum absolute atomic E-state index is 0.148. The first-order valence-electron chi connectivity index (χ1n) is 5.20. The lowest BCUT2D eigenvalue weighted by molar-refractivity contribution is 0.168. The van der Waals surface area contributed by atoms with Gasteiger partial charge in [0.25, 0.3) is 0 Å². The van der Waals surface area contributed by atoms with E-state index in [9.17, 15) is 0 Å². The van der Waals surface area contributed by atoms with Crippen molar-refractivity contribution in [2.45, 2.75) is 39.2 Å². The Morgan fingerprint density at radius 1 is 1.62 bits per heavy atom. The highest BCUT2D eigenvalue weighted by atomic mass is 16.5. The standard InChI is InChI=1S/C11H19NO/c1-11(2)7-8(11)10(12)9-5-3-4-6-13-9/h5,8,10H,3-4,6-7,12H2,1-2H3. The molecule has 1 aliphatic carbocycles. The summed E-state index contributed by atoms with van der Waals surface area (Å²) in [7, 11) is 0. The average Bonchev–Trinajstić information content (AvgIpc) is 2.76. The molecule has 0 spiro atoms. The summed E-state index contributed by atoms with van der Waals surface area (Å²) in [5.41, 5.74) is 6.58. The summed E-state index contributed by atoms with van der Waals surface area (Å²) in [6.07, 6.45) is 5.69. The first kappa shape index (κ1) is 9.07. The van der Waals surface area contributed by atoms with Crippen molar-refractivity contribution in [3.05, 3.63) is 11.8 Å². The number of hydrogen-bond acceptors (Lipinski definition) is 2. The van der Waals surface area contributed by atoms with Crippen LogP contribution in [0.15, 0.2) is 11.8 Å². The van der Waals surface area contributed by atoms with E-state index >= 15 is 0 Å². The van der Waals surface area contributed by atoms with Gasteiger partial charge in [-0.15, -0.1) is 0 Å². The predicted molar refractivity (Wildman–Crippen MR) is 53.1 cm³/mol. The van der Waals surface area contributed by atoms with Crippen molar-refractivity contribution < 1.29 is 4.74 Å². The van der Waals surface area contributed by atoms with Crippen LogP contribution in [0.3, 0.4) is 0 Å². The highest BCUT2D eigenvalue weighted by molar-refractivity contribution is 5.14. The van der Waals surface area contributed by atoms with E-state index in [1.54, 1.807) is 0 Å². The summed E-state index contributed by atoms with van der Waals surface area (Å²) >= 11 is 0. The minimum Gasteiger partial charge on any atom is -0.497 e. The van der Waals surface area contributed by atoms with Crippen molar-refractivity contribution in [3.63, 3.8) is 0 Å². The Labute approximate surface area is 80.1 Å². The topological polar surface area (TPSA) is 35.2 Å². The van der Waals surface area contributed by atoms with Gasteiger partial charge in [0.15, 0.2) is 0 Å². The molecule has 0 saturated heterocycles. The van der Waals surface area contributed by atoms with Crippen LogP contribution in [0.1, 0.15) is 33.1 Å². The zero-order valence-electron chi connectivity index (χ0n) is 8.55. The summed E-state index contributed by atoms with van der Waals surface area (Å²) in [6, 6.07) is 0.148. The fraction of sp³-hybridized carbons (Fsp3) is 0.818. The number of hydrogen-bond donors (Lipinski definition) is 1. The summed E-state index contributed by atoms with van der Waals surface area (Å²) in [4.78, 5) is 0. The maximum Gasteiger partial charge on any atom is 0.109 e. The van der Waals surface area contributed by atoms with Crippen LogP contribution in [0, 0.1) is 11.3 Å². The second-order valence-electron chi connectivity index (χ2n) is 4.92. The maximum atomic E-state index is 6.14. The Bertz CT molecular complexity index is 232. The first-order valence-corrected chi connectivity index (χ1v) is 5.20. The van der Waals surface area contributed by atoms with Gasteiger partial charge in [-0.1, -0.05) is 13.8 Å². The van der Waals surface area contributed by atoms with Gasteiger partial charge >= 0.3 is 0 Å². The monoisotopic (exact) mass is 181 g/mol. The second-order valence-corrected chi connectivity index (χ2v) is 4.92. The van der Waals surface area contributed by atoms with Crippen molar-refractivity contribution in [2.75, 3.05) is 6.61 Å². The molecule has 2 rings (SSSR count). The van der Waals surface area contributed by atoms with Gasteiger partial charge in [-0.05, 0) is 36.7 Å². The molecule has 0 bridgehead atoms. The maximum absolute atomic E-state index is 6.14. The third-order valence-corrected chi connectivity index (χ3v) is 3.31. The van der Waals surface area contributed by atoms with Gasteiger partial charge < -0.3 is 10.5 Å². The Morgan fingerprint density at radius 3 is 2.77 bits per heavy atom. The van der Waals surface area contributed by atoms with E-state index in [-0.39, 0.29) is 6.04 Å². The highest BCUT2D eigenvalue weighted by Crippen LogP contribution is 2.54. The lowest BCUT2D eigenvalue weighted by Crippen LogP contribution is -2.29. The van der Waals surface area contributed by atoms with Crippen LogP contribution < -0.4 is 5.73 Å². The van der Waals surface area contributed by atoms with E-state index in [0.29, 0.717) is 11.3 Å². The average molecular weight is 181 g/mol. The molecular weight excluding hydrogens is 162 g/mol. The molecule has 1 fully saturated rings. The van der Waals surface area contributed by atoms with Crippen LogP contribution in [0.4, 0.5) is 0 Å². The van der Waals surface area contributed by atoms with E-state index in [2.05, 4.69) is 19.9 Å². The molecule has 2 unspecified atom stereocenters. The lowest BCUT2D eigenvalue weighted by atomic mass is 10.0. The molecular formula is C11H19NO. The summed E-state index contributed by atoms with van der Waals surface area (Å²) in [5, 5.41) is 0. The van der Waals surface area contributed by atoms with Crippen LogP contribution in [0.2, 0.25) is 0 Å². The van der Waals surface area contributed by atoms with Crippen LogP contribution >= 0.6 is 0 Å². The molecule has 2 aliphatic rings. The van der Waals surface area contributed by atoms with E-state index in [0.717, 1.165) is 25.2 Å². The molecule has 1 saturated carbocycles. The van der Waals surface area contributed by atoms with Gasteiger partial charge in [0, 0.05) is 0 Å². The van der Waals surface area contributed by atoms with E-state index in [1.165, 1.54) is 6.42 Å². The van der Waals surface area contributed by atoms with Crippen LogP contribution in [-0.2, 0) is 4.74 Å². The molecule has 2 heteroatoms. The Hall–Kier alpha value is -0.500. The van der Waals surface area contributed by atoms with Crippen molar-refractivity contribution in [3.8, 4) is 0 Å². The quantitative estimate of drug-likeness (QED) is 0.707. The van der Waals surface area contributed by atoms with Gasteiger partial charge in [0.05, 0.1) is 12.6 Å². The molecule has 0 aromatic carbocycles. The van der Waals surface area contributed by atoms with Crippen molar-refractivity contribution in [1.82, 2.24) is 0 Å². The number of nitrogens with two attached hydrogens (primary N) is 1. The van der Waals surface area contributed by atoms with Crippen molar-refractivity contribution in [2.24, 2.45) is 17.1 Å². The predicted octanol–water partition coefficient (Wildman–Crippen LogP) is 2.05. The number of rotatable bonds is 2. The van der Waals surface area contributed by atoms with E-state index in [1.807, 2.05) is 0 Å². The largest absolute Gasteiger partial charge is 0.497 e. The van der Waals surface area contributed by atoms with Gasteiger partial charge in [0.1, 0.15) is 5.76 Å². The molecule has 1 aliphatic heterocycles. The van der Waals surface area contributed by atoms with Gasteiger partial charge in [-0.3, -0.25) is 0 Å². The first-order chi connectivity index (χ1) is 6.11. The fourth-order valence-corrected chi connectivity index (χ4v) is 2.13. The molecule has 2 nitrogen and oxygen atoms in total. The zero-order valence-corrected chi connectivity index (χ0v) is 8.55. The molecule has 0 amide bonds. The molecule has 0 aromatic rings. The Balaban J connectivity index is 1.97. The molecule has 2 atom stereocenters. The van der Waals surface area contributed by atoms with Gasteiger partial charge in [-0.2, -0.15) is 0 Å². The highest BCUT2D eigenvalue weighted by Gasteiger charge is 2.50. The smallest absolute Gasteiger partial charge is 0.109 e. The third-order valence-electron chi connectivity index (χ3n) is 3.31. The van der Waals surface area contributed by atoms with Crippen molar-refractivity contribution in [1.29, 1.82) is 0 Å². The van der Waals surface area contributed by atoms with Crippen LogP contribution in [0.5, 0.6) is 0 Å². The number of ether oxygens (including phenoxy) is 1. The van der Waals surface area contributed by atoms with Crippen LogP contribution in [0.25, 0.3) is 0 Å². The number of allylic oxidation sites excluding steroid dienone is 1. The summed E-state index contributed by atoms with van der Waals surface area (Å²) in [5.74, 6) is 1.68. The molecule has 74 valence electrons. The lowest BCUT2D eigenvalue weighted by Gasteiger charge is -2.21. The van der Waals surface area contributed by atoms with Gasteiger partial charge in [0.2, 0.25) is 0 Å². The molecule has 0 aromatic heterocycles. The molecule has 1 heterocycles. The summed E-state index contributed by atoms with van der Waals surface area (Å²) < 4.78 is 5.57. The Kier molecular flexibility index (Phi) is 2.11. The van der Waals surface area contributed by atoms with Crippen molar-refractivity contribution >= 4 is 0 Å². The van der Waals surface area contributed by atoms with Gasteiger partial charge in [-0.25, -0.2) is 0 Å². The zero-order chi connectivity index (χ0) is 9.47. The normalized spacial score (nSPS) is 33.2.